The lowest BCUT2D eigenvalue weighted by atomic mass is 10.1. The molecule has 0 saturated carbocycles. The molecule has 0 bridgehead atoms. The van der Waals surface area contributed by atoms with Gasteiger partial charge in [-0.25, -0.2) is 4.39 Å². The van der Waals surface area contributed by atoms with E-state index < -0.39 is 41.9 Å². The average molecular weight is 384 g/mol. The lowest BCUT2D eigenvalue weighted by Gasteiger charge is -2.17. The Balaban J connectivity index is 1.51. The van der Waals surface area contributed by atoms with Gasteiger partial charge in [-0.05, 0) is 36.4 Å². The Hall–Kier alpha value is -3.55. The van der Waals surface area contributed by atoms with Crippen LogP contribution in [0.25, 0.3) is 0 Å². The number of benzene rings is 2. The van der Waals surface area contributed by atoms with E-state index in [1.54, 1.807) is 30.3 Å². The molecule has 1 aliphatic heterocycles. The number of carbonyl (C=O) groups is 4. The third kappa shape index (κ3) is 4.59. The van der Waals surface area contributed by atoms with Crippen LogP contribution in [0.4, 0.5) is 4.39 Å². The van der Waals surface area contributed by atoms with Crippen molar-refractivity contribution in [3.8, 4) is 0 Å². The molecule has 0 aromatic heterocycles. The lowest BCUT2D eigenvalue weighted by Crippen LogP contribution is -2.43. The van der Waals surface area contributed by atoms with Crippen molar-refractivity contribution in [3.63, 3.8) is 0 Å². The van der Waals surface area contributed by atoms with Crippen LogP contribution in [-0.2, 0) is 14.3 Å². The van der Waals surface area contributed by atoms with Gasteiger partial charge in [0.2, 0.25) is 5.91 Å². The van der Waals surface area contributed by atoms with Gasteiger partial charge in [0.05, 0.1) is 12.5 Å². The van der Waals surface area contributed by atoms with E-state index >= 15 is 0 Å². The second kappa shape index (κ2) is 8.43. The summed E-state index contributed by atoms with van der Waals surface area (Å²) in [6.45, 7) is -0.549. The molecule has 7 nitrogen and oxygen atoms in total. The maximum absolute atomic E-state index is 12.9. The number of rotatable bonds is 6. The number of nitrogens with one attached hydrogen (secondary N) is 1. The zero-order chi connectivity index (χ0) is 20.1. The molecule has 1 N–H and O–H groups in total. The number of ether oxygens (including phenoxy) is 1. The predicted octanol–water partition coefficient (Wildman–Crippen LogP) is 1.75. The van der Waals surface area contributed by atoms with Crippen molar-refractivity contribution in [1.29, 1.82) is 0 Å². The number of halogens is 1. The second-order valence-corrected chi connectivity index (χ2v) is 6.25. The Morgan fingerprint density at radius 3 is 2.39 bits per heavy atom. The molecule has 2 aromatic rings. The number of ketones is 1. The van der Waals surface area contributed by atoms with Crippen LogP contribution in [0.5, 0.6) is 0 Å². The number of hydrogen-bond donors (Lipinski definition) is 1. The Morgan fingerprint density at radius 1 is 1.04 bits per heavy atom. The van der Waals surface area contributed by atoms with Crippen LogP contribution < -0.4 is 5.43 Å². The van der Waals surface area contributed by atoms with Crippen LogP contribution in [0.1, 0.15) is 27.1 Å². The van der Waals surface area contributed by atoms with Crippen molar-refractivity contribution >= 4 is 23.6 Å². The van der Waals surface area contributed by atoms with Crippen LogP contribution in [0.2, 0.25) is 0 Å². The number of carbonyl (C=O) groups excluding carboxylic acids is 4. The predicted molar refractivity (Wildman–Crippen MR) is 95.4 cm³/mol. The SMILES string of the molecule is O=C(COC(=O)C1CC(=O)N(NC(=O)c2ccccc2)C1)c1ccc(F)cc1. The molecule has 0 spiro atoms. The van der Waals surface area contributed by atoms with E-state index in [9.17, 15) is 23.6 Å². The van der Waals surface area contributed by atoms with Crippen molar-refractivity contribution in [3.05, 3.63) is 71.5 Å². The fraction of sp³-hybridized carbons (Fsp3) is 0.200. The van der Waals surface area contributed by atoms with Crippen molar-refractivity contribution in [2.75, 3.05) is 13.2 Å². The summed E-state index contributed by atoms with van der Waals surface area (Å²) >= 11 is 0. The van der Waals surface area contributed by atoms with Gasteiger partial charge in [0.15, 0.2) is 12.4 Å². The quantitative estimate of drug-likeness (QED) is 0.605. The third-order valence-corrected chi connectivity index (χ3v) is 4.24. The highest BCUT2D eigenvalue weighted by atomic mass is 19.1. The Bertz CT molecular complexity index is 899. The molecule has 1 fully saturated rings. The van der Waals surface area contributed by atoms with Crippen molar-refractivity contribution in [2.45, 2.75) is 6.42 Å². The average Bonchev–Trinajstić information content (AvgIpc) is 3.07. The fourth-order valence-electron chi connectivity index (χ4n) is 2.72. The minimum absolute atomic E-state index is 0.0407. The minimum atomic E-state index is -0.787. The summed E-state index contributed by atoms with van der Waals surface area (Å²) < 4.78 is 17.9. The van der Waals surface area contributed by atoms with Gasteiger partial charge < -0.3 is 4.74 Å². The molecular weight excluding hydrogens is 367 g/mol. The first kappa shape index (κ1) is 19.2. The van der Waals surface area contributed by atoms with Gasteiger partial charge in [-0.1, -0.05) is 18.2 Å². The molecule has 144 valence electrons. The van der Waals surface area contributed by atoms with Gasteiger partial charge in [-0.3, -0.25) is 29.6 Å². The van der Waals surface area contributed by atoms with Crippen LogP contribution in [0, 0.1) is 11.7 Å². The van der Waals surface area contributed by atoms with Crippen molar-refractivity contribution in [1.82, 2.24) is 10.4 Å². The summed E-state index contributed by atoms with van der Waals surface area (Å²) in [7, 11) is 0. The molecule has 1 heterocycles. The summed E-state index contributed by atoms with van der Waals surface area (Å²) in [5, 5.41) is 1.07. The molecule has 1 unspecified atom stereocenters. The van der Waals surface area contributed by atoms with Crippen molar-refractivity contribution < 1.29 is 28.3 Å². The Kier molecular flexibility index (Phi) is 5.78. The Morgan fingerprint density at radius 2 is 1.71 bits per heavy atom. The lowest BCUT2D eigenvalue weighted by molar-refractivity contribution is -0.147. The molecular formula is C20H17FN2O5. The molecule has 1 saturated heterocycles. The summed E-state index contributed by atoms with van der Waals surface area (Å²) in [6.07, 6.45) is -0.126. The number of esters is 1. The highest BCUT2D eigenvalue weighted by Gasteiger charge is 2.36. The standard InChI is InChI=1S/C20H17FN2O5/c21-16-8-6-13(7-9-16)17(24)12-28-20(27)15-10-18(25)23(11-15)22-19(26)14-4-2-1-3-5-14/h1-9,15H,10-12H2,(H,22,26). The highest BCUT2D eigenvalue weighted by molar-refractivity contribution is 5.98. The van der Waals surface area contributed by atoms with Crippen LogP contribution in [0.15, 0.2) is 54.6 Å². The van der Waals surface area contributed by atoms with Gasteiger partial charge >= 0.3 is 5.97 Å². The summed E-state index contributed by atoms with van der Waals surface area (Å²) in [5.74, 6) is -3.34. The first-order valence-corrected chi connectivity index (χ1v) is 8.56. The summed E-state index contributed by atoms with van der Waals surface area (Å²) in [5.41, 5.74) is 3.06. The number of hydrazine groups is 1. The van der Waals surface area contributed by atoms with Gasteiger partial charge in [0.1, 0.15) is 5.82 Å². The number of nitrogens with zero attached hydrogens (tertiary/aromatic N) is 1. The molecule has 2 amide bonds. The highest BCUT2D eigenvalue weighted by Crippen LogP contribution is 2.18. The fourth-order valence-corrected chi connectivity index (χ4v) is 2.72. The Labute approximate surface area is 160 Å². The van der Waals surface area contributed by atoms with Gasteiger partial charge in [0.25, 0.3) is 5.91 Å². The molecule has 8 heteroatoms. The summed E-state index contributed by atoms with van der Waals surface area (Å²) in [6, 6.07) is 13.2. The maximum Gasteiger partial charge on any atom is 0.311 e. The molecule has 2 aromatic carbocycles. The largest absolute Gasteiger partial charge is 0.457 e. The van der Waals surface area contributed by atoms with Crippen LogP contribution in [0.3, 0.4) is 0 Å². The van der Waals surface area contributed by atoms with E-state index in [4.69, 9.17) is 4.74 Å². The zero-order valence-electron chi connectivity index (χ0n) is 14.8. The molecule has 0 aliphatic carbocycles. The van der Waals surface area contributed by atoms with Gasteiger partial charge in [0, 0.05) is 17.5 Å². The van der Waals surface area contributed by atoms with Crippen molar-refractivity contribution in [2.24, 2.45) is 5.92 Å². The van der Waals surface area contributed by atoms with E-state index in [0.29, 0.717) is 5.56 Å². The molecule has 1 aliphatic rings. The number of Topliss-reactive ketones (excluding diaryl/α,β-unsaturated/α-hetero) is 1. The van der Waals surface area contributed by atoms with E-state index in [0.717, 1.165) is 17.1 Å². The zero-order valence-corrected chi connectivity index (χ0v) is 14.8. The van der Waals surface area contributed by atoms with Gasteiger partial charge in [-0.2, -0.15) is 0 Å². The molecule has 1 atom stereocenters. The first-order valence-electron chi connectivity index (χ1n) is 8.56. The monoisotopic (exact) mass is 384 g/mol. The van der Waals surface area contributed by atoms with E-state index in [-0.39, 0.29) is 18.5 Å². The number of hydrogen-bond acceptors (Lipinski definition) is 5. The van der Waals surface area contributed by atoms with Crippen LogP contribution in [-0.4, -0.2) is 41.7 Å². The minimum Gasteiger partial charge on any atom is -0.457 e. The normalized spacial score (nSPS) is 16.0. The third-order valence-electron chi connectivity index (χ3n) is 4.24. The molecule has 3 rings (SSSR count). The van der Waals surface area contributed by atoms with E-state index in [1.807, 2.05) is 0 Å². The van der Waals surface area contributed by atoms with Crippen LogP contribution >= 0.6 is 0 Å². The molecule has 28 heavy (non-hydrogen) atoms. The van der Waals surface area contributed by atoms with E-state index in [2.05, 4.69) is 5.43 Å². The topological polar surface area (TPSA) is 92.8 Å². The first-order chi connectivity index (χ1) is 13.4. The second-order valence-electron chi connectivity index (χ2n) is 6.25. The van der Waals surface area contributed by atoms with E-state index in [1.165, 1.54) is 12.1 Å². The smallest absolute Gasteiger partial charge is 0.311 e. The van der Waals surface area contributed by atoms with Gasteiger partial charge in [-0.15, -0.1) is 0 Å². The number of amides is 2. The summed E-state index contributed by atoms with van der Waals surface area (Å²) in [4.78, 5) is 48.3. The maximum atomic E-state index is 12.9. The molecule has 0 radical (unpaired) electrons.